The topological polar surface area (TPSA) is 26.3 Å². The molecule has 0 heterocycles. The number of halogens is 2. The fourth-order valence-corrected chi connectivity index (χ4v) is 1.62. The van der Waals surface area contributed by atoms with Crippen molar-refractivity contribution in [3.05, 3.63) is 33.8 Å². The first kappa shape index (κ1) is 12.5. The van der Waals surface area contributed by atoms with Crippen LogP contribution in [0.4, 0.5) is 0 Å². The van der Waals surface area contributed by atoms with Gasteiger partial charge in [-0.25, -0.2) is 0 Å². The number of ketones is 1. The third kappa shape index (κ3) is 2.94. The van der Waals surface area contributed by atoms with Crippen LogP contribution in [0.3, 0.4) is 0 Å². The molecule has 1 atom stereocenters. The normalized spacial score (nSPS) is 12.5. The number of carbonyl (C=O) groups excluding carboxylic acids is 1. The van der Waals surface area contributed by atoms with Gasteiger partial charge < -0.3 is 4.74 Å². The second-order valence-corrected chi connectivity index (χ2v) is 3.92. The lowest BCUT2D eigenvalue weighted by Gasteiger charge is -2.14. The summed E-state index contributed by atoms with van der Waals surface area (Å²) < 4.78 is 5.13. The molecule has 0 N–H and O–H groups in total. The first-order chi connectivity index (χ1) is 7.10. The van der Waals surface area contributed by atoms with Crippen LogP contribution in [0.2, 0.25) is 10.0 Å². The molecule has 2 nitrogen and oxygen atoms in total. The standard InChI is InChI=1S/C11H12Cl2O2/c1-3-10(14)11(15-2)7-4-5-8(12)9(13)6-7/h4-6,11H,3H2,1-2H3. The van der Waals surface area contributed by atoms with Gasteiger partial charge in [-0.1, -0.05) is 36.2 Å². The molecular weight excluding hydrogens is 235 g/mol. The van der Waals surface area contributed by atoms with Gasteiger partial charge in [0, 0.05) is 13.5 Å². The predicted octanol–water partition coefficient (Wildman–Crippen LogP) is 3.66. The Bertz CT molecular complexity index is 364. The molecule has 1 aromatic rings. The Kier molecular flexibility index (Phi) is 4.58. The Balaban J connectivity index is 3.02. The van der Waals surface area contributed by atoms with Gasteiger partial charge in [-0.2, -0.15) is 0 Å². The minimum Gasteiger partial charge on any atom is -0.369 e. The van der Waals surface area contributed by atoms with Gasteiger partial charge in [-0.05, 0) is 17.7 Å². The van der Waals surface area contributed by atoms with Crippen molar-refractivity contribution in [2.24, 2.45) is 0 Å². The Morgan fingerprint density at radius 2 is 2.07 bits per heavy atom. The van der Waals surface area contributed by atoms with Crippen LogP contribution < -0.4 is 0 Å². The van der Waals surface area contributed by atoms with E-state index in [2.05, 4.69) is 0 Å². The molecular formula is C11H12Cl2O2. The van der Waals surface area contributed by atoms with Gasteiger partial charge in [-0.15, -0.1) is 0 Å². The fraction of sp³-hybridized carbons (Fsp3) is 0.364. The van der Waals surface area contributed by atoms with Gasteiger partial charge in [0.25, 0.3) is 0 Å². The molecule has 0 aromatic heterocycles. The lowest BCUT2D eigenvalue weighted by molar-refractivity contribution is -0.128. The van der Waals surface area contributed by atoms with Gasteiger partial charge in [0.05, 0.1) is 10.0 Å². The summed E-state index contributed by atoms with van der Waals surface area (Å²) in [5, 5.41) is 0.902. The van der Waals surface area contributed by atoms with Crippen molar-refractivity contribution in [2.75, 3.05) is 7.11 Å². The van der Waals surface area contributed by atoms with Crippen molar-refractivity contribution in [2.45, 2.75) is 19.4 Å². The molecule has 0 saturated heterocycles. The maximum atomic E-state index is 11.5. The van der Waals surface area contributed by atoms with Gasteiger partial charge >= 0.3 is 0 Å². The summed E-state index contributed by atoms with van der Waals surface area (Å²) in [4.78, 5) is 11.5. The van der Waals surface area contributed by atoms with E-state index in [4.69, 9.17) is 27.9 Å². The van der Waals surface area contributed by atoms with Crippen LogP contribution in [-0.4, -0.2) is 12.9 Å². The number of methoxy groups -OCH3 is 1. The lowest BCUT2D eigenvalue weighted by Crippen LogP contribution is -2.13. The first-order valence-corrected chi connectivity index (χ1v) is 5.36. The average Bonchev–Trinajstić information content (AvgIpc) is 2.24. The summed E-state index contributed by atoms with van der Waals surface area (Å²) in [6.07, 6.45) is -0.122. The molecule has 0 saturated carbocycles. The van der Waals surface area contributed by atoms with E-state index in [1.807, 2.05) is 0 Å². The number of benzene rings is 1. The Morgan fingerprint density at radius 1 is 1.40 bits per heavy atom. The molecule has 0 fully saturated rings. The summed E-state index contributed by atoms with van der Waals surface area (Å²) in [5.74, 6) is 0.0240. The quantitative estimate of drug-likeness (QED) is 0.811. The third-order valence-electron chi connectivity index (χ3n) is 2.12. The third-order valence-corrected chi connectivity index (χ3v) is 2.86. The van der Waals surface area contributed by atoms with Crippen molar-refractivity contribution in [3.63, 3.8) is 0 Å². The van der Waals surface area contributed by atoms with Crippen molar-refractivity contribution in [1.82, 2.24) is 0 Å². The largest absolute Gasteiger partial charge is 0.369 e. The number of ether oxygens (including phenoxy) is 1. The van der Waals surface area contributed by atoms with Crippen LogP contribution in [-0.2, 0) is 9.53 Å². The molecule has 0 aliphatic rings. The van der Waals surface area contributed by atoms with E-state index in [9.17, 15) is 4.79 Å². The zero-order valence-corrected chi connectivity index (χ0v) is 10.1. The maximum Gasteiger partial charge on any atom is 0.165 e. The Morgan fingerprint density at radius 3 is 2.53 bits per heavy atom. The monoisotopic (exact) mass is 246 g/mol. The molecule has 0 amide bonds. The van der Waals surface area contributed by atoms with E-state index in [1.54, 1.807) is 25.1 Å². The van der Waals surface area contributed by atoms with E-state index >= 15 is 0 Å². The van der Waals surface area contributed by atoms with Gasteiger partial charge in [-0.3, -0.25) is 4.79 Å². The summed E-state index contributed by atoms with van der Waals surface area (Å²) in [7, 11) is 1.50. The highest BCUT2D eigenvalue weighted by molar-refractivity contribution is 6.42. The molecule has 0 aliphatic carbocycles. The summed E-state index contributed by atoms with van der Waals surface area (Å²) in [5.41, 5.74) is 0.735. The fourth-order valence-electron chi connectivity index (χ4n) is 1.31. The second-order valence-electron chi connectivity index (χ2n) is 3.11. The zero-order valence-electron chi connectivity index (χ0n) is 8.59. The van der Waals surface area contributed by atoms with Gasteiger partial charge in [0.1, 0.15) is 6.10 Å². The van der Waals surface area contributed by atoms with E-state index in [-0.39, 0.29) is 5.78 Å². The summed E-state index contributed by atoms with van der Waals surface area (Å²) in [6, 6.07) is 5.07. The highest BCUT2D eigenvalue weighted by Gasteiger charge is 2.18. The van der Waals surface area contributed by atoms with Gasteiger partial charge in [0.15, 0.2) is 5.78 Å². The van der Waals surface area contributed by atoms with Crippen molar-refractivity contribution < 1.29 is 9.53 Å². The molecule has 1 rings (SSSR count). The Hall–Kier alpha value is -0.570. The molecule has 4 heteroatoms. The van der Waals surface area contributed by atoms with E-state index in [1.165, 1.54) is 7.11 Å². The molecule has 0 bridgehead atoms. The number of Topliss-reactive ketones (excluding diaryl/α,β-unsaturated/α-hetero) is 1. The van der Waals surface area contributed by atoms with Crippen LogP contribution in [0, 0.1) is 0 Å². The molecule has 0 radical (unpaired) electrons. The van der Waals surface area contributed by atoms with E-state index in [0.29, 0.717) is 16.5 Å². The Labute approximate surface area is 99.1 Å². The molecule has 1 unspecified atom stereocenters. The van der Waals surface area contributed by atoms with Gasteiger partial charge in [0.2, 0.25) is 0 Å². The van der Waals surface area contributed by atoms with Crippen molar-refractivity contribution >= 4 is 29.0 Å². The lowest BCUT2D eigenvalue weighted by atomic mass is 10.0. The molecule has 0 spiro atoms. The highest BCUT2D eigenvalue weighted by Crippen LogP contribution is 2.27. The molecule has 0 aliphatic heterocycles. The van der Waals surface area contributed by atoms with Crippen LogP contribution >= 0.6 is 23.2 Å². The smallest absolute Gasteiger partial charge is 0.165 e. The number of carbonyl (C=O) groups is 1. The van der Waals surface area contributed by atoms with Crippen LogP contribution in [0.25, 0.3) is 0 Å². The van der Waals surface area contributed by atoms with Crippen LogP contribution in [0.15, 0.2) is 18.2 Å². The van der Waals surface area contributed by atoms with E-state index in [0.717, 1.165) is 5.56 Å². The molecule has 82 valence electrons. The maximum absolute atomic E-state index is 11.5. The SMILES string of the molecule is CCC(=O)C(OC)c1ccc(Cl)c(Cl)c1. The van der Waals surface area contributed by atoms with Crippen LogP contribution in [0.1, 0.15) is 25.0 Å². The minimum atomic E-state index is -0.551. The average molecular weight is 247 g/mol. The zero-order chi connectivity index (χ0) is 11.4. The first-order valence-electron chi connectivity index (χ1n) is 4.60. The van der Waals surface area contributed by atoms with Crippen molar-refractivity contribution in [3.8, 4) is 0 Å². The molecule has 1 aromatic carbocycles. The predicted molar refractivity (Wildman–Crippen MR) is 61.5 cm³/mol. The number of hydrogen-bond acceptors (Lipinski definition) is 2. The highest BCUT2D eigenvalue weighted by atomic mass is 35.5. The second kappa shape index (κ2) is 5.50. The summed E-state index contributed by atoms with van der Waals surface area (Å²) in [6.45, 7) is 1.80. The number of hydrogen-bond donors (Lipinski definition) is 0. The summed E-state index contributed by atoms with van der Waals surface area (Å²) >= 11 is 11.6. The number of rotatable bonds is 4. The van der Waals surface area contributed by atoms with E-state index < -0.39 is 6.10 Å². The van der Waals surface area contributed by atoms with Crippen LogP contribution in [0.5, 0.6) is 0 Å². The molecule has 15 heavy (non-hydrogen) atoms. The minimum absolute atomic E-state index is 0.0240. The van der Waals surface area contributed by atoms with Crippen molar-refractivity contribution in [1.29, 1.82) is 0 Å².